The molecule has 0 atom stereocenters. The Morgan fingerprint density at radius 1 is 1.14 bits per heavy atom. The smallest absolute Gasteiger partial charge is 0.254 e. The first kappa shape index (κ1) is 17.9. The van der Waals surface area contributed by atoms with Gasteiger partial charge in [0.05, 0.1) is 18.0 Å². The van der Waals surface area contributed by atoms with Crippen molar-refractivity contribution >= 4 is 5.91 Å². The minimum Gasteiger partial charge on any atom is -0.368 e. The van der Waals surface area contributed by atoms with Crippen LogP contribution in [0.1, 0.15) is 34.5 Å². The molecule has 0 bridgehead atoms. The summed E-state index contributed by atoms with van der Waals surface area (Å²) < 4.78 is 8.19. The third-order valence-corrected chi connectivity index (χ3v) is 5.87. The molecule has 0 unspecified atom stereocenters. The summed E-state index contributed by atoms with van der Waals surface area (Å²) in [4.78, 5) is 28.6. The number of nitrogens with zero attached hydrogens (tertiary/aromatic N) is 3. The van der Waals surface area contributed by atoms with Crippen LogP contribution in [0.3, 0.4) is 0 Å². The SMILES string of the molecule is O=C(c1cc[nH]c(=O)c1)N1CCC2(CC1)OCCc1cn(-c3ccccc3)nc12. The number of H-pyrrole nitrogens is 1. The van der Waals surface area contributed by atoms with E-state index in [1.165, 1.54) is 17.8 Å². The number of hydrogen-bond acceptors (Lipinski definition) is 4. The first-order chi connectivity index (χ1) is 14.1. The maximum Gasteiger partial charge on any atom is 0.254 e. The van der Waals surface area contributed by atoms with E-state index in [0.29, 0.717) is 38.1 Å². The van der Waals surface area contributed by atoms with Crippen molar-refractivity contribution in [3.63, 3.8) is 0 Å². The van der Waals surface area contributed by atoms with Gasteiger partial charge in [-0.1, -0.05) is 18.2 Å². The molecule has 1 aromatic carbocycles. The van der Waals surface area contributed by atoms with Crippen molar-refractivity contribution < 1.29 is 9.53 Å². The number of para-hydroxylation sites is 1. The minimum absolute atomic E-state index is 0.114. The van der Waals surface area contributed by atoms with Crippen LogP contribution in [-0.4, -0.2) is 45.3 Å². The topological polar surface area (TPSA) is 80.2 Å². The van der Waals surface area contributed by atoms with E-state index >= 15 is 0 Å². The number of rotatable bonds is 2. The van der Waals surface area contributed by atoms with E-state index in [1.54, 1.807) is 11.0 Å². The van der Waals surface area contributed by atoms with Gasteiger partial charge in [0.2, 0.25) is 5.56 Å². The number of benzene rings is 1. The standard InChI is InChI=1S/C22H22N4O3/c27-19-14-16(6-10-23-19)21(28)25-11-8-22(9-12-25)20-17(7-13-29-22)15-26(24-20)18-4-2-1-3-5-18/h1-6,10,14-15H,7-9,11-13H2,(H,23,27). The summed E-state index contributed by atoms with van der Waals surface area (Å²) in [5.41, 5.74) is 2.95. The molecule has 1 fully saturated rings. The fraction of sp³-hybridized carbons (Fsp3) is 0.318. The zero-order valence-corrected chi connectivity index (χ0v) is 16.0. The number of nitrogens with one attached hydrogen (secondary N) is 1. The first-order valence-electron chi connectivity index (χ1n) is 9.91. The Balaban J connectivity index is 1.38. The average molecular weight is 390 g/mol. The van der Waals surface area contributed by atoms with Gasteiger partial charge in [-0.25, -0.2) is 4.68 Å². The molecule has 4 heterocycles. The van der Waals surface area contributed by atoms with Crippen LogP contribution < -0.4 is 5.56 Å². The van der Waals surface area contributed by atoms with Crippen molar-refractivity contribution in [1.82, 2.24) is 19.7 Å². The number of fused-ring (bicyclic) bond motifs is 2. The summed E-state index contributed by atoms with van der Waals surface area (Å²) in [6.07, 6.45) is 5.84. The van der Waals surface area contributed by atoms with E-state index in [0.717, 1.165) is 17.8 Å². The number of ether oxygens (including phenoxy) is 1. The molecule has 1 amide bonds. The number of piperidine rings is 1. The maximum absolute atomic E-state index is 12.8. The highest BCUT2D eigenvalue weighted by Crippen LogP contribution is 2.41. The molecule has 2 aliphatic heterocycles. The third kappa shape index (κ3) is 3.17. The Morgan fingerprint density at radius 3 is 2.69 bits per heavy atom. The van der Waals surface area contributed by atoms with E-state index in [2.05, 4.69) is 11.2 Å². The number of aromatic amines is 1. The van der Waals surface area contributed by atoms with Gasteiger partial charge in [-0.3, -0.25) is 9.59 Å². The Labute approximate surface area is 167 Å². The first-order valence-corrected chi connectivity index (χ1v) is 9.91. The Morgan fingerprint density at radius 2 is 1.93 bits per heavy atom. The lowest BCUT2D eigenvalue weighted by Crippen LogP contribution is -2.48. The van der Waals surface area contributed by atoms with Gasteiger partial charge < -0.3 is 14.6 Å². The zero-order valence-electron chi connectivity index (χ0n) is 16.0. The van der Waals surface area contributed by atoms with Gasteiger partial charge in [-0.15, -0.1) is 0 Å². The van der Waals surface area contributed by atoms with Crippen LogP contribution in [0.25, 0.3) is 5.69 Å². The number of aromatic nitrogens is 3. The third-order valence-electron chi connectivity index (χ3n) is 5.87. The van der Waals surface area contributed by atoms with Gasteiger partial charge in [0, 0.05) is 37.1 Å². The van der Waals surface area contributed by atoms with Crippen molar-refractivity contribution in [3.05, 3.63) is 82.0 Å². The molecule has 2 aromatic heterocycles. The number of hydrogen-bond donors (Lipinski definition) is 1. The minimum atomic E-state index is -0.446. The van der Waals surface area contributed by atoms with E-state index in [9.17, 15) is 9.59 Å². The van der Waals surface area contributed by atoms with Gasteiger partial charge in [0.15, 0.2) is 0 Å². The van der Waals surface area contributed by atoms with E-state index in [4.69, 9.17) is 9.84 Å². The molecule has 29 heavy (non-hydrogen) atoms. The highest BCUT2D eigenvalue weighted by Gasteiger charge is 2.44. The largest absolute Gasteiger partial charge is 0.368 e. The van der Waals surface area contributed by atoms with Crippen LogP contribution in [0, 0.1) is 0 Å². The van der Waals surface area contributed by atoms with Crippen LogP contribution in [0.2, 0.25) is 0 Å². The summed E-state index contributed by atoms with van der Waals surface area (Å²) in [5.74, 6) is -0.114. The molecule has 1 saturated heterocycles. The number of carbonyl (C=O) groups is 1. The summed E-state index contributed by atoms with van der Waals surface area (Å²) in [7, 11) is 0. The number of amides is 1. The number of carbonyl (C=O) groups excluding carboxylic acids is 1. The highest BCUT2D eigenvalue weighted by atomic mass is 16.5. The predicted molar refractivity (Wildman–Crippen MR) is 107 cm³/mol. The number of pyridine rings is 1. The molecule has 2 aliphatic rings. The van der Waals surface area contributed by atoms with Crippen LogP contribution in [0.5, 0.6) is 0 Å². The molecular formula is C22H22N4O3. The fourth-order valence-electron chi connectivity index (χ4n) is 4.33. The van der Waals surface area contributed by atoms with E-state index in [1.807, 2.05) is 35.0 Å². The summed E-state index contributed by atoms with van der Waals surface area (Å²) >= 11 is 0. The lowest BCUT2D eigenvalue weighted by molar-refractivity contribution is -0.0963. The van der Waals surface area contributed by atoms with Gasteiger partial charge in [-0.05, 0) is 43.0 Å². The van der Waals surface area contributed by atoms with Gasteiger partial charge in [0.25, 0.3) is 5.91 Å². The molecule has 0 aliphatic carbocycles. The second kappa shape index (κ2) is 7.00. The lowest BCUT2D eigenvalue weighted by atomic mass is 9.83. The summed E-state index contributed by atoms with van der Waals surface area (Å²) in [5, 5.41) is 4.88. The molecule has 3 aromatic rings. The molecular weight excluding hydrogens is 368 g/mol. The molecule has 1 spiro atoms. The van der Waals surface area contributed by atoms with Gasteiger partial charge >= 0.3 is 0 Å². The molecule has 0 radical (unpaired) electrons. The van der Waals surface area contributed by atoms with E-state index < -0.39 is 5.60 Å². The average Bonchev–Trinajstić information content (AvgIpc) is 3.21. The van der Waals surface area contributed by atoms with Crippen molar-refractivity contribution in [2.45, 2.75) is 24.9 Å². The second-order valence-corrected chi connectivity index (χ2v) is 7.61. The van der Waals surface area contributed by atoms with Crippen molar-refractivity contribution in [2.24, 2.45) is 0 Å². The molecule has 7 nitrogen and oxygen atoms in total. The Hall–Kier alpha value is -3.19. The molecule has 148 valence electrons. The quantitative estimate of drug-likeness (QED) is 0.728. The second-order valence-electron chi connectivity index (χ2n) is 7.61. The van der Waals surface area contributed by atoms with Crippen LogP contribution in [0.15, 0.2) is 59.7 Å². The maximum atomic E-state index is 12.8. The molecule has 1 N–H and O–H groups in total. The van der Waals surface area contributed by atoms with Gasteiger partial charge in [0.1, 0.15) is 5.60 Å². The van der Waals surface area contributed by atoms with Crippen LogP contribution in [0.4, 0.5) is 0 Å². The van der Waals surface area contributed by atoms with Crippen LogP contribution in [-0.2, 0) is 16.8 Å². The number of likely N-dealkylation sites (tertiary alicyclic amines) is 1. The zero-order chi connectivity index (χ0) is 19.8. The van der Waals surface area contributed by atoms with E-state index in [-0.39, 0.29) is 11.5 Å². The van der Waals surface area contributed by atoms with Crippen LogP contribution >= 0.6 is 0 Å². The van der Waals surface area contributed by atoms with Crippen molar-refractivity contribution in [1.29, 1.82) is 0 Å². The highest BCUT2D eigenvalue weighted by molar-refractivity contribution is 5.94. The Kier molecular flexibility index (Phi) is 4.32. The lowest BCUT2D eigenvalue weighted by Gasteiger charge is -2.43. The van der Waals surface area contributed by atoms with Gasteiger partial charge in [-0.2, -0.15) is 5.10 Å². The predicted octanol–water partition coefficient (Wildman–Crippen LogP) is 2.26. The molecule has 7 heteroatoms. The summed E-state index contributed by atoms with van der Waals surface area (Å²) in [6.45, 7) is 1.81. The molecule has 0 saturated carbocycles. The normalized spacial score (nSPS) is 17.9. The molecule has 5 rings (SSSR count). The van der Waals surface area contributed by atoms with Crippen molar-refractivity contribution in [2.75, 3.05) is 19.7 Å². The Bertz CT molecular complexity index is 1090. The van der Waals surface area contributed by atoms with Crippen molar-refractivity contribution in [3.8, 4) is 5.69 Å². The fourth-order valence-corrected chi connectivity index (χ4v) is 4.33. The summed E-state index contributed by atoms with van der Waals surface area (Å²) in [6, 6.07) is 13.1. The monoisotopic (exact) mass is 390 g/mol.